The highest BCUT2D eigenvalue weighted by molar-refractivity contribution is 5.72. The fraction of sp³-hybridized carbons (Fsp3) is 0.391. The normalized spacial score (nSPS) is 20.1. The summed E-state index contributed by atoms with van der Waals surface area (Å²) in [7, 11) is 0. The first-order valence-electron chi connectivity index (χ1n) is 9.86. The van der Waals surface area contributed by atoms with E-state index in [1.807, 2.05) is 37.3 Å². The molecule has 2 aromatic rings. The van der Waals surface area contributed by atoms with Gasteiger partial charge < -0.3 is 9.47 Å². The number of likely N-dealkylation sites (tertiary alicyclic amines) is 1. The van der Waals surface area contributed by atoms with Gasteiger partial charge in [0.1, 0.15) is 17.3 Å². The number of halogens is 1. The van der Waals surface area contributed by atoms with Crippen LogP contribution in [0.15, 0.2) is 54.1 Å². The number of benzene rings is 2. The third-order valence-electron chi connectivity index (χ3n) is 5.29. The van der Waals surface area contributed by atoms with Gasteiger partial charge in [-0.15, -0.1) is 0 Å². The first-order valence-corrected chi connectivity index (χ1v) is 9.86. The molecule has 0 aliphatic carbocycles. The molecule has 27 heavy (non-hydrogen) atoms. The number of ether oxygens (including phenoxy) is 2. The van der Waals surface area contributed by atoms with Crippen LogP contribution in [0.25, 0.3) is 5.76 Å². The third-order valence-corrected chi connectivity index (χ3v) is 5.29. The van der Waals surface area contributed by atoms with Crippen molar-refractivity contribution in [1.29, 1.82) is 0 Å². The summed E-state index contributed by atoms with van der Waals surface area (Å²) in [5, 5.41) is 0. The summed E-state index contributed by atoms with van der Waals surface area (Å²) in [5.74, 6) is 1.50. The van der Waals surface area contributed by atoms with E-state index in [-0.39, 0.29) is 11.9 Å². The molecule has 1 atom stereocenters. The Bertz CT molecular complexity index is 809. The van der Waals surface area contributed by atoms with Crippen LogP contribution in [0.5, 0.6) is 5.75 Å². The molecule has 2 aliphatic rings. The first-order chi connectivity index (χ1) is 13.3. The van der Waals surface area contributed by atoms with Gasteiger partial charge in [0.2, 0.25) is 0 Å². The minimum atomic E-state index is -0.260. The first kappa shape index (κ1) is 18.1. The standard InChI is InChI=1S/C23H26FNO2/c1-2-26-23-19-8-4-5-9-21(19)27-22(17-10-12-18(24)13-11-17)20(23)16-25-14-6-3-7-15-25/h4-5,8-13,22H,2-3,6-7,14-16H2,1H3/t22-/m0/s1. The number of hydrogen-bond donors (Lipinski definition) is 0. The summed E-state index contributed by atoms with van der Waals surface area (Å²) < 4.78 is 26.0. The summed E-state index contributed by atoms with van der Waals surface area (Å²) in [6.45, 7) is 5.62. The summed E-state index contributed by atoms with van der Waals surface area (Å²) in [6, 6.07) is 14.6. The number of rotatable bonds is 5. The number of para-hydroxylation sites is 1. The van der Waals surface area contributed by atoms with Crippen LogP contribution < -0.4 is 4.74 Å². The Labute approximate surface area is 160 Å². The summed E-state index contributed by atoms with van der Waals surface area (Å²) in [5.41, 5.74) is 3.09. The van der Waals surface area contributed by atoms with Gasteiger partial charge in [-0.25, -0.2) is 4.39 Å². The van der Waals surface area contributed by atoms with Gasteiger partial charge in [0.25, 0.3) is 0 Å². The smallest absolute Gasteiger partial charge is 0.150 e. The molecule has 4 rings (SSSR count). The molecule has 1 saturated heterocycles. The number of piperidine rings is 1. The molecule has 0 aromatic heterocycles. The second-order valence-electron chi connectivity index (χ2n) is 7.17. The van der Waals surface area contributed by atoms with Crippen molar-refractivity contribution in [2.75, 3.05) is 26.2 Å². The van der Waals surface area contributed by atoms with Gasteiger partial charge in [-0.3, -0.25) is 4.90 Å². The topological polar surface area (TPSA) is 21.7 Å². The highest BCUT2D eigenvalue weighted by Crippen LogP contribution is 2.43. The average molecular weight is 367 g/mol. The largest absolute Gasteiger partial charge is 0.493 e. The van der Waals surface area contributed by atoms with E-state index in [0.29, 0.717) is 6.61 Å². The van der Waals surface area contributed by atoms with Crippen LogP contribution in [-0.2, 0) is 4.74 Å². The summed E-state index contributed by atoms with van der Waals surface area (Å²) >= 11 is 0. The van der Waals surface area contributed by atoms with Crippen LogP contribution >= 0.6 is 0 Å². The Kier molecular flexibility index (Phi) is 5.44. The lowest BCUT2D eigenvalue weighted by atomic mass is 9.93. The van der Waals surface area contributed by atoms with Crippen molar-refractivity contribution >= 4 is 5.76 Å². The van der Waals surface area contributed by atoms with Crippen molar-refractivity contribution < 1.29 is 13.9 Å². The fourth-order valence-corrected chi connectivity index (χ4v) is 3.98. The molecule has 0 unspecified atom stereocenters. The molecule has 142 valence electrons. The molecular weight excluding hydrogens is 341 g/mol. The molecule has 0 radical (unpaired) electrons. The van der Waals surface area contributed by atoms with E-state index in [2.05, 4.69) is 11.0 Å². The van der Waals surface area contributed by atoms with Gasteiger partial charge in [-0.2, -0.15) is 0 Å². The SMILES string of the molecule is CCOC1=C(CN2CCCCC2)[C@H](c2ccc(F)cc2)Oc2ccccc21. The van der Waals surface area contributed by atoms with E-state index >= 15 is 0 Å². The van der Waals surface area contributed by atoms with Crippen molar-refractivity contribution in [3.63, 3.8) is 0 Å². The second-order valence-corrected chi connectivity index (χ2v) is 7.17. The highest BCUT2D eigenvalue weighted by atomic mass is 19.1. The lowest BCUT2D eigenvalue weighted by Crippen LogP contribution is -2.34. The predicted molar refractivity (Wildman–Crippen MR) is 105 cm³/mol. The van der Waals surface area contributed by atoms with Gasteiger partial charge in [0.05, 0.1) is 12.2 Å². The quantitative estimate of drug-likeness (QED) is 0.726. The third kappa shape index (κ3) is 3.86. The van der Waals surface area contributed by atoms with Gasteiger partial charge >= 0.3 is 0 Å². The lowest BCUT2D eigenvalue weighted by Gasteiger charge is -2.35. The number of fused-ring (bicyclic) bond motifs is 1. The highest BCUT2D eigenvalue weighted by Gasteiger charge is 2.32. The minimum Gasteiger partial charge on any atom is -0.493 e. The Morgan fingerprint density at radius 1 is 1.04 bits per heavy atom. The Balaban J connectivity index is 1.78. The zero-order valence-electron chi connectivity index (χ0n) is 15.8. The van der Waals surface area contributed by atoms with E-state index in [1.165, 1.54) is 31.4 Å². The second kappa shape index (κ2) is 8.13. The maximum Gasteiger partial charge on any atom is 0.150 e. The molecule has 0 spiro atoms. The summed E-state index contributed by atoms with van der Waals surface area (Å²) in [6.07, 6.45) is 3.50. The van der Waals surface area contributed by atoms with Crippen molar-refractivity contribution in [2.45, 2.75) is 32.3 Å². The monoisotopic (exact) mass is 367 g/mol. The van der Waals surface area contributed by atoms with Gasteiger partial charge in [0.15, 0.2) is 6.10 Å². The molecule has 1 fully saturated rings. The van der Waals surface area contributed by atoms with Crippen LogP contribution in [0.2, 0.25) is 0 Å². The van der Waals surface area contributed by atoms with Crippen LogP contribution in [-0.4, -0.2) is 31.1 Å². The lowest BCUT2D eigenvalue weighted by molar-refractivity contribution is 0.183. The molecule has 0 N–H and O–H groups in total. The van der Waals surface area contributed by atoms with E-state index in [4.69, 9.17) is 9.47 Å². The number of hydrogen-bond acceptors (Lipinski definition) is 3. The molecular formula is C23H26FNO2. The molecule has 2 heterocycles. The van der Waals surface area contributed by atoms with E-state index in [1.54, 1.807) is 0 Å². The Morgan fingerprint density at radius 3 is 2.52 bits per heavy atom. The fourth-order valence-electron chi connectivity index (χ4n) is 3.98. The Morgan fingerprint density at radius 2 is 1.78 bits per heavy atom. The van der Waals surface area contributed by atoms with E-state index in [0.717, 1.165) is 47.8 Å². The van der Waals surface area contributed by atoms with Crippen LogP contribution in [0, 0.1) is 5.82 Å². The zero-order chi connectivity index (χ0) is 18.6. The average Bonchev–Trinajstić information content (AvgIpc) is 2.71. The van der Waals surface area contributed by atoms with E-state index < -0.39 is 0 Å². The van der Waals surface area contributed by atoms with Crippen molar-refractivity contribution in [1.82, 2.24) is 4.90 Å². The molecule has 2 aliphatic heterocycles. The van der Waals surface area contributed by atoms with Crippen molar-refractivity contribution in [2.24, 2.45) is 0 Å². The summed E-state index contributed by atoms with van der Waals surface area (Å²) in [4.78, 5) is 2.48. The van der Waals surface area contributed by atoms with Crippen molar-refractivity contribution in [3.8, 4) is 5.75 Å². The zero-order valence-corrected chi connectivity index (χ0v) is 15.8. The molecule has 4 heteroatoms. The van der Waals surface area contributed by atoms with E-state index in [9.17, 15) is 4.39 Å². The van der Waals surface area contributed by atoms with Crippen LogP contribution in [0.4, 0.5) is 4.39 Å². The molecule has 0 bridgehead atoms. The van der Waals surface area contributed by atoms with Crippen LogP contribution in [0.3, 0.4) is 0 Å². The molecule has 2 aromatic carbocycles. The number of nitrogens with zero attached hydrogens (tertiary/aromatic N) is 1. The van der Waals surface area contributed by atoms with Gasteiger partial charge in [-0.05, 0) is 62.7 Å². The van der Waals surface area contributed by atoms with Gasteiger partial charge in [-0.1, -0.05) is 30.7 Å². The predicted octanol–water partition coefficient (Wildman–Crippen LogP) is 5.19. The van der Waals surface area contributed by atoms with Crippen molar-refractivity contribution in [3.05, 3.63) is 71.0 Å². The van der Waals surface area contributed by atoms with Crippen LogP contribution in [0.1, 0.15) is 43.4 Å². The molecule has 0 amide bonds. The minimum absolute atomic E-state index is 0.235. The maximum absolute atomic E-state index is 13.5. The van der Waals surface area contributed by atoms with Gasteiger partial charge in [0, 0.05) is 12.1 Å². The Hall–Kier alpha value is -2.33. The molecule has 0 saturated carbocycles. The maximum atomic E-state index is 13.5. The molecule has 3 nitrogen and oxygen atoms in total.